The molecule has 0 unspecified atom stereocenters. The lowest BCUT2D eigenvalue weighted by Crippen LogP contribution is -2.22. The van der Waals surface area contributed by atoms with Crippen molar-refractivity contribution >= 4 is 29.1 Å². The minimum atomic E-state index is -0.158. The van der Waals surface area contributed by atoms with E-state index in [-0.39, 0.29) is 5.91 Å². The summed E-state index contributed by atoms with van der Waals surface area (Å²) in [6.45, 7) is 2.48. The molecule has 0 aliphatic heterocycles. The van der Waals surface area contributed by atoms with E-state index in [1.165, 1.54) is 5.56 Å². The molecule has 0 radical (unpaired) electrons. The monoisotopic (exact) mass is 428 g/mol. The molecule has 1 aromatic heterocycles. The van der Waals surface area contributed by atoms with E-state index in [1.807, 2.05) is 36.4 Å². The maximum atomic E-state index is 12.5. The van der Waals surface area contributed by atoms with Crippen LogP contribution in [0.3, 0.4) is 0 Å². The number of aromatic nitrogens is 2. The fraction of sp³-hybridized carbons (Fsp3) is 0.0800. The number of nitrogens with one attached hydrogen (secondary N) is 2. The zero-order valence-electron chi connectivity index (χ0n) is 17.0. The van der Waals surface area contributed by atoms with Crippen molar-refractivity contribution in [1.82, 2.24) is 15.3 Å². The number of nitrogens with zero attached hydrogens (tertiary/aromatic N) is 2. The van der Waals surface area contributed by atoms with Crippen LogP contribution in [-0.2, 0) is 6.54 Å². The molecule has 1 heterocycles. The number of carbonyl (C=O) groups is 1. The van der Waals surface area contributed by atoms with Gasteiger partial charge in [-0.15, -0.1) is 0 Å². The number of hydrogen-bond donors (Lipinski definition) is 2. The summed E-state index contributed by atoms with van der Waals surface area (Å²) in [7, 11) is 0. The Hall–Kier alpha value is -3.70. The summed E-state index contributed by atoms with van der Waals surface area (Å²) in [5.74, 6) is 0.310. The van der Waals surface area contributed by atoms with Crippen molar-refractivity contribution in [3.05, 3.63) is 107 Å². The first-order valence-electron chi connectivity index (χ1n) is 9.86. The van der Waals surface area contributed by atoms with Crippen molar-refractivity contribution in [3.8, 4) is 11.1 Å². The van der Waals surface area contributed by atoms with Crippen molar-refractivity contribution in [2.75, 3.05) is 5.32 Å². The zero-order valence-corrected chi connectivity index (χ0v) is 17.7. The number of anilines is 2. The van der Waals surface area contributed by atoms with Gasteiger partial charge in [-0.2, -0.15) is 0 Å². The zero-order chi connectivity index (χ0) is 21.6. The van der Waals surface area contributed by atoms with E-state index in [4.69, 9.17) is 11.6 Å². The van der Waals surface area contributed by atoms with Gasteiger partial charge in [-0.1, -0.05) is 59.6 Å². The topological polar surface area (TPSA) is 66.9 Å². The van der Waals surface area contributed by atoms with Gasteiger partial charge >= 0.3 is 0 Å². The van der Waals surface area contributed by atoms with Crippen LogP contribution in [0, 0.1) is 6.92 Å². The Kier molecular flexibility index (Phi) is 6.24. The second-order valence-electron chi connectivity index (χ2n) is 7.18. The lowest BCUT2D eigenvalue weighted by Gasteiger charge is -2.09. The molecule has 4 aromatic rings. The molecule has 0 bridgehead atoms. The summed E-state index contributed by atoms with van der Waals surface area (Å²) in [5.41, 5.74) is 5.48. The molecule has 5 nitrogen and oxygen atoms in total. The lowest BCUT2D eigenvalue weighted by molar-refractivity contribution is 0.0951. The Morgan fingerprint density at radius 3 is 2.39 bits per heavy atom. The second-order valence-corrected chi connectivity index (χ2v) is 7.62. The molecule has 0 aliphatic rings. The number of benzene rings is 3. The molecule has 2 N–H and O–H groups in total. The van der Waals surface area contributed by atoms with Crippen LogP contribution in [0.2, 0.25) is 5.02 Å². The van der Waals surface area contributed by atoms with Gasteiger partial charge in [0.1, 0.15) is 0 Å². The van der Waals surface area contributed by atoms with Crippen LogP contribution in [0.1, 0.15) is 21.5 Å². The highest BCUT2D eigenvalue weighted by molar-refractivity contribution is 6.30. The largest absolute Gasteiger partial charge is 0.348 e. The van der Waals surface area contributed by atoms with E-state index >= 15 is 0 Å². The molecule has 0 aliphatic carbocycles. The number of carbonyl (C=O) groups excluding carboxylic acids is 1. The average Bonchev–Trinajstić information content (AvgIpc) is 2.79. The molecule has 0 spiro atoms. The van der Waals surface area contributed by atoms with Gasteiger partial charge in [-0.3, -0.25) is 4.79 Å². The summed E-state index contributed by atoms with van der Waals surface area (Å²) in [5, 5.41) is 6.74. The highest BCUT2D eigenvalue weighted by atomic mass is 35.5. The number of rotatable bonds is 6. The molecular weight excluding hydrogens is 408 g/mol. The summed E-state index contributed by atoms with van der Waals surface area (Å²) in [6, 6.07) is 22.8. The Morgan fingerprint density at radius 2 is 1.65 bits per heavy atom. The van der Waals surface area contributed by atoms with E-state index < -0.39 is 0 Å². The minimum absolute atomic E-state index is 0.158. The van der Waals surface area contributed by atoms with Crippen LogP contribution in [0.25, 0.3) is 11.1 Å². The first-order chi connectivity index (χ1) is 15.1. The first-order valence-corrected chi connectivity index (χ1v) is 10.2. The fourth-order valence-corrected chi connectivity index (χ4v) is 3.25. The van der Waals surface area contributed by atoms with Crippen molar-refractivity contribution < 1.29 is 4.79 Å². The molecule has 0 fully saturated rings. The van der Waals surface area contributed by atoms with Gasteiger partial charge in [-0.05, 0) is 48.4 Å². The predicted molar refractivity (Wildman–Crippen MR) is 125 cm³/mol. The van der Waals surface area contributed by atoms with Crippen LogP contribution >= 0.6 is 11.6 Å². The maximum Gasteiger partial charge on any atom is 0.251 e. The van der Waals surface area contributed by atoms with Crippen LogP contribution in [0.4, 0.5) is 11.6 Å². The van der Waals surface area contributed by atoms with Crippen LogP contribution in [-0.4, -0.2) is 15.9 Å². The van der Waals surface area contributed by atoms with Gasteiger partial charge in [0.2, 0.25) is 5.95 Å². The van der Waals surface area contributed by atoms with E-state index in [2.05, 4.69) is 39.7 Å². The van der Waals surface area contributed by atoms with E-state index in [9.17, 15) is 4.79 Å². The molecule has 0 atom stereocenters. The molecule has 6 heteroatoms. The Labute approximate surface area is 186 Å². The normalized spacial score (nSPS) is 10.5. The van der Waals surface area contributed by atoms with E-state index in [0.717, 1.165) is 22.4 Å². The smallest absolute Gasteiger partial charge is 0.251 e. The molecule has 154 valence electrons. The quantitative estimate of drug-likeness (QED) is 0.408. The highest BCUT2D eigenvalue weighted by Crippen LogP contribution is 2.21. The molecule has 3 aromatic carbocycles. The van der Waals surface area contributed by atoms with Gasteiger partial charge < -0.3 is 10.6 Å². The Bertz CT molecular complexity index is 1190. The van der Waals surface area contributed by atoms with E-state index in [1.54, 1.807) is 36.7 Å². The molecule has 0 saturated carbocycles. The molecule has 31 heavy (non-hydrogen) atoms. The molecule has 4 rings (SSSR count). The number of amides is 1. The van der Waals surface area contributed by atoms with Gasteiger partial charge in [0.15, 0.2) is 0 Å². The van der Waals surface area contributed by atoms with Gasteiger partial charge in [0.05, 0.1) is 0 Å². The molecular formula is C25H21ClN4O. The van der Waals surface area contributed by atoms with Gasteiger partial charge in [-0.25, -0.2) is 9.97 Å². The van der Waals surface area contributed by atoms with Crippen LogP contribution < -0.4 is 10.6 Å². The summed E-state index contributed by atoms with van der Waals surface area (Å²) in [6.07, 6.45) is 3.57. The summed E-state index contributed by atoms with van der Waals surface area (Å²) in [4.78, 5) is 21.3. The van der Waals surface area contributed by atoms with Crippen molar-refractivity contribution in [2.24, 2.45) is 0 Å². The summed E-state index contributed by atoms with van der Waals surface area (Å²) < 4.78 is 0. The average molecular weight is 429 g/mol. The van der Waals surface area contributed by atoms with Crippen LogP contribution in [0.5, 0.6) is 0 Å². The Morgan fingerprint density at radius 1 is 0.903 bits per heavy atom. The number of aryl methyl sites for hydroxylation is 1. The van der Waals surface area contributed by atoms with Gasteiger partial charge in [0.25, 0.3) is 5.91 Å². The minimum Gasteiger partial charge on any atom is -0.348 e. The number of halogens is 1. The van der Waals surface area contributed by atoms with Crippen molar-refractivity contribution in [2.45, 2.75) is 13.5 Å². The standard InChI is InChI=1S/C25H21ClN4O/c1-17-4-2-5-19(12-17)21-15-28-25(29-16-21)30-23-7-3-6-20(13-23)24(31)27-14-18-8-10-22(26)11-9-18/h2-13,15-16H,14H2,1H3,(H,27,31)(H,28,29,30). The van der Waals surface area contributed by atoms with Crippen molar-refractivity contribution in [3.63, 3.8) is 0 Å². The molecule has 1 amide bonds. The molecule has 0 saturated heterocycles. The Balaban J connectivity index is 1.41. The second kappa shape index (κ2) is 9.41. The lowest BCUT2D eigenvalue weighted by atomic mass is 10.1. The predicted octanol–water partition coefficient (Wildman–Crippen LogP) is 5.78. The van der Waals surface area contributed by atoms with Crippen molar-refractivity contribution in [1.29, 1.82) is 0 Å². The van der Waals surface area contributed by atoms with Gasteiger partial charge in [0, 0.05) is 40.8 Å². The van der Waals surface area contributed by atoms with E-state index in [0.29, 0.717) is 23.1 Å². The third-order valence-corrected chi connectivity index (χ3v) is 5.00. The highest BCUT2D eigenvalue weighted by Gasteiger charge is 2.07. The fourth-order valence-electron chi connectivity index (χ4n) is 3.12. The number of hydrogen-bond acceptors (Lipinski definition) is 4. The summed E-state index contributed by atoms with van der Waals surface area (Å²) >= 11 is 5.90. The SMILES string of the molecule is Cc1cccc(-c2cnc(Nc3cccc(C(=O)NCc4ccc(Cl)cc4)c3)nc2)c1. The van der Waals surface area contributed by atoms with Crippen LogP contribution in [0.15, 0.2) is 85.2 Å². The third kappa shape index (κ3) is 5.47. The third-order valence-electron chi connectivity index (χ3n) is 4.75. The maximum absolute atomic E-state index is 12.5. The first kappa shape index (κ1) is 20.6.